The van der Waals surface area contributed by atoms with Crippen molar-refractivity contribution in [2.24, 2.45) is 0 Å². The Morgan fingerprint density at radius 1 is 1.31 bits per heavy atom. The average molecular weight is 372 g/mol. The number of nitrogens with zero attached hydrogens (tertiary/aromatic N) is 3. The lowest BCUT2D eigenvalue weighted by Crippen LogP contribution is -2.39. The highest BCUT2D eigenvalue weighted by Crippen LogP contribution is 2.29. The van der Waals surface area contributed by atoms with Crippen LogP contribution < -0.4 is 5.32 Å². The number of rotatable bonds is 4. The molecule has 140 valence electrons. The maximum absolute atomic E-state index is 12.5. The van der Waals surface area contributed by atoms with Gasteiger partial charge in [-0.2, -0.15) is 18.2 Å². The quantitative estimate of drug-likeness (QED) is 0.880. The Labute approximate surface area is 145 Å². The van der Waals surface area contributed by atoms with E-state index in [2.05, 4.69) is 25.0 Å². The summed E-state index contributed by atoms with van der Waals surface area (Å²) >= 11 is 0. The van der Waals surface area contributed by atoms with Crippen molar-refractivity contribution in [2.45, 2.75) is 31.7 Å². The lowest BCUT2D eigenvalue weighted by atomic mass is 10.1. The number of amides is 1. The fourth-order valence-corrected chi connectivity index (χ4v) is 2.29. The van der Waals surface area contributed by atoms with Crippen LogP contribution in [0.2, 0.25) is 0 Å². The first kappa shape index (κ1) is 18.1. The van der Waals surface area contributed by atoms with E-state index < -0.39 is 18.2 Å². The molecule has 3 heterocycles. The average Bonchev–Trinajstić information content (AvgIpc) is 3.12. The molecule has 1 aliphatic rings. The first-order valence-electron chi connectivity index (χ1n) is 7.79. The molecule has 0 saturated carbocycles. The molecule has 2 aromatic heterocycles. The maximum Gasteiger partial charge on any atom is 0.471 e. The van der Waals surface area contributed by atoms with Crippen molar-refractivity contribution in [3.8, 4) is 11.4 Å². The van der Waals surface area contributed by atoms with Gasteiger partial charge in [-0.15, -0.1) is 0 Å². The van der Waals surface area contributed by atoms with Crippen LogP contribution in [0.4, 0.5) is 18.0 Å². The van der Waals surface area contributed by atoms with E-state index in [1.165, 1.54) is 18.3 Å². The number of alkyl carbamates (subject to hydrolysis) is 1. The number of hydrogen-bond donors (Lipinski definition) is 1. The summed E-state index contributed by atoms with van der Waals surface area (Å²) in [4.78, 5) is 19.0. The van der Waals surface area contributed by atoms with Crippen molar-refractivity contribution in [1.82, 2.24) is 20.4 Å². The number of ether oxygens (including phenoxy) is 2. The highest BCUT2D eigenvalue weighted by Gasteiger charge is 2.38. The van der Waals surface area contributed by atoms with Crippen LogP contribution in [0, 0.1) is 0 Å². The van der Waals surface area contributed by atoms with E-state index in [0.29, 0.717) is 18.9 Å². The Hall–Kier alpha value is -2.69. The second kappa shape index (κ2) is 7.68. The van der Waals surface area contributed by atoms with E-state index in [4.69, 9.17) is 9.47 Å². The molecule has 2 aromatic rings. The number of halogens is 3. The van der Waals surface area contributed by atoms with Gasteiger partial charge in [0, 0.05) is 31.0 Å². The predicted molar refractivity (Wildman–Crippen MR) is 79.7 cm³/mol. The minimum Gasteiger partial charge on any atom is -0.443 e. The number of carbonyl (C=O) groups excluding carboxylic acids is 1. The maximum atomic E-state index is 12.5. The van der Waals surface area contributed by atoms with Crippen molar-refractivity contribution in [2.75, 3.05) is 13.2 Å². The number of pyridine rings is 1. The van der Waals surface area contributed by atoms with Crippen LogP contribution >= 0.6 is 0 Å². The van der Waals surface area contributed by atoms with Crippen LogP contribution in [0.1, 0.15) is 24.4 Å². The predicted octanol–water partition coefficient (Wildman–Crippen LogP) is 2.56. The molecule has 0 atom stereocenters. The van der Waals surface area contributed by atoms with Gasteiger partial charge in [0.25, 0.3) is 0 Å². The summed E-state index contributed by atoms with van der Waals surface area (Å²) in [6, 6.07) is 2.99. The molecule has 0 spiro atoms. The molecular weight excluding hydrogens is 357 g/mol. The SMILES string of the molecule is O=C(NC1CCOCC1)OCc1ccc(-c2noc(C(F)(F)F)n2)cn1. The first-order valence-corrected chi connectivity index (χ1v) is 7.79. The van der Waals surface area contributed by atoms with Gasteiger partial charge < -0.3 is 19.3 Å². The molecule has 26 heavy (non-hydrogen) atoms. The van der Waals surface area contributed by atoms with E-state index in [9.17, 15) is 18.0 Å². The van der Waals surface area contributed by atoms with Crippen LogP contribution in [-0.2, 0) is 22.3 Å². The summed E-state index contributed by atoms with van der Waals surface area (Å²) in [5, 5.41) is 6.01. The Morgan fingerprint density at radius 3 is 2.69 bits per heavy atom. The van der Waals surface area contributed by atoms with Crippen LogP contribution in [0.25, 0.3) is 11.4 Å². The summed E-state index contributed by atoms with van der Waals surface area (Å²) in [6.07, 6.45) is -2.53. The molecule has 0 aromatic carbocycles. The smallest absolute Gasteiger partial charge is 0.443 e. The summed E-state index contributed by atoms with van der Waals surface area (Å²) < 4.78 is 51.8. The van der Waals surface area contributed by atoms with Gasteiger partial charge in [-0.25, -0.2) is 4.79 Å². The van der Waals surface area contributed by atoms with Gasteiger partial charge in [-0.05, 0) is 25.0 Å². The molecule has 3 rings (SSSR count). The number of alkyl halides is 3. The largest absolute Gasteiger partial charge is 0.471 e. The molecule has 1 saturated heterocycles. The van der Waals surface area contributed by atoms with E-state index in [1.54, 1.807) is 0 Å². The molecule has 8 nitrogen and oxygen atoms in total. The highest BCUT2D eigenvalue weighted by molar-refractivity contribution is 5.67. The van der Waals surface area contributed by atoms with Gasteiger partial charge in [0.05, 0.1) is 5.69 Å². The molecule has 1 aliphatic heterocycles. The molecular formula is C15H15F3N4O4. The molecule has 1 N–H and O–H groups in total. The van der Waals surface area contributed by atoms with Crippen LogP contribution in [0.15, 0.2) is 22.9 Å². The summed E-state index contributed by atoms with van der Waals surface area (Å²) in [6.45, 7) is 1.12. The zero-order valence-corrected chi connectivity index (χ0v) is 13.5. The van der Waals surface area contributed by atoms with Crippen molar-refractivity contribution >= 4 is 6.09 Å². The monoisotopic (exact) mass is 372 g/mol. The summed E-state index contributed by atoms with van der Waals surface area (Å²) in [5.41, 5.74) is 0.676. The van der Waals surface area contributed by atoms with E-state index in [-0.39, 0.29) is 24.0 Å². The van der Waals surface area contributed by atoms with Gasteiger partial charge in [0.2, 0.25) is 5.82 Å². The Morgan fingerprint density at radius 2 is 2.08 bits per heavy atom. The van der Waals surface area contributed by atoms with Crippen molar-refractivity contribution in [1.29, 1.82) is 0 Å². The fraction of sp³-hybridized carbons (Fsp3) is 0.467. The zero-order valence-electron chi connectivity index (χ0n) is 13.5. The molecule has 0 unspecified atom stereocenters. The number of nitrogens with one attached hydrogen (secondary N) is 1. The normalized spacial score (nSPS) is 15.7. The van der Waals surface area contributed by atoms with Crippen molar-refractivity contribution in [3.63, 3.8) is 0 Å². The second-order valence-corrected chi connectivity index (χ2v) is 5.57. The van der Waals surface area contributed by atoms with Gasteiger partial charge >= 0.3 is 18.2 Å². The highest BCUT2D eigenvalue weighted by atomic mass is 19.4. The lowest BCUT2D eigenvalue weighted by molar-refractivity contribution is -0.159. The second-order valence-electron chi connectivity index (χ2n) is 5.57. The number of aromatic nitrogens is 3. The topological polar surface area (TPSA) is 99.4 Å². The molecule has 0 aliphatic carbocycles. The van der Waals surface area contributed by atoms with E-state index in [1.807, 2.05) is 0 Å². The third-order valence-electron chi connectivity index (χ3n) is 3.65. The van der Waals surface area contributed by atoms with Crippen molar-refractivity contribution < 1.29 is 32.0 Å². The van der Waals surface area contributed by atoms with Gasteiger partial charge in [-0.1, -0.05) is 5.16 Å². The fourth-order valence-electron chi connectivity index (χ4n) is 2.29. The van der Waals surface area contributed by atoms with Gasteiger partial charge in [0.15, 0.2) is 0 Å². The molecule has 1 amide bonds. The number of hydrogen-bond acceptors (Lipinski definition) is 7. The summed E-state index contributed by atoms with van der Waals surface area (Å²) in [7, 11) is 0. The number of carbonyl (C=O) groups is 1. The Bertz CT molecular complexity index is 742. The molecule has 11 heteroatoms. The van der Waals surface area contributed by atoms with E-state index >= 15 is 0 Å². The Balaban J connectivity index is 1.52. The Kier molecular flexibility index (Phi) is 5.35. The molecule has 0 bridgehead atoms. The minimum absolute atomic E-state index is 0.0210. The van der Waals surface area contributed by atoms with Crippen molar-refractivity contribution in [3.05, 3.63) is 29.9 Å². The van der Waals surface area contributed by atoms with Crippen LogP contribution in [0.3, 0.4) is 0 Å². The summed E-state index contributed by atoms with van der Waals surface area (Å²) in [5.74, 6) is -1.65. The van der Waals surface area contributed by atoms with Crippen LogP contribution in [0.5, 0.6) is 0 Å². The van der Waals surface area contributed by atoms with Gasteiger partial charge in [-0.3, -0.25) is 4.98 Å². The lowest BCUT2D eigenvalue weighted by Gasteiger charge is -2.22. The minimum atomic E-state index is -4.70. The molecule has 0 radical (unpaired) electrons. The van der Waals surface area contributed by atoms with Gasteiger partial charge in [0.1, 0.15) is 6.61 Å². The standard InChI is InChI=1S/C15H15F3N4O4/c16-15(17,18)13-21-12(22-26-13)9-1-2-11(19-7-9)8-25-14(23)20-10-3-5-24-6-4-10/h1-2,7,10H,3-6,8H2,(H,20,23). The van der Waals surface area contributed by atoms with Crippen LogP contribution in [-0.4, -0.2) is 40.5 Å². The third kappa shape index (κ3) is 4.69. The third-order valence-corrected chi connectivity index (χ3v) is 3.65. The first-order chi connectivity index (χ1) is 12.4. The molecule has 1 fully saturated rings. The van der Waals surface area contributed by atoms with E-state index in [0.717, 1.165) is 12.8 Å². The zero-order chi connectivity index (χ0) is 18.6.